The van der Waals surface area contributed by atoms with Crippen molar-refractivity contribution in [3.63, 3.8) is 0 Å². The maximum atomic E-state index is 5.25. The van der Waals surface area contributed by atoms with E-state index in [2.05, 4.69) is 63.7 Å². The third kappa shape index (κ3) is 3.37. The zero-order chi connectivity index (χ0) is 14.7. The summed E-state index contributed by atoms with van der Waals surface area (Å²) in [5, 5.41) is 5.86. The third-order valence-electron chi connectivity index (χ3n) is 3.43. The molecule has 0 aliphatic rings. The van der Waals surface area contributed by atoms with Crippen LogP contribution in [0.2, 0.25) is 0 Å². The molecular weight excluding hydrogens is 326 g/mol. The molecule has 3 aromatic carbocycles. The summed E-state index contributed by atoms with van der Waals surface area (Å²) < 4.78 is 6.33. The van der Waals surface area contributed by atoms with E-state index in [-0.39, 0.29) is 0 Å². The van der Waals surface area contributed by atoms with Gasteiger partial charge in [0.2, 0.25) is 0 Å². The standard InChI is InChI=1S/C18H16BrNO/c1-21-18-8-7-14-9-13(5-6-15(14)10-18)12-20-17-4-2-3-16(19)11-17/h2-11,20H,12H2,1H3. The van der Waals surface area contributed by atoms with Gasteiger partial charge in [0.05, 0.1) is 7.11 Å². The van der Waals surface area contributed by atoms with E-state index in [1.807, 2.05) is 18.2 Å². The summed E-state index contributed by atoms with van der Waals surface area (Å²) in [4.78, 5) is 0. The summed E-state index contributed by atoms with van der Waals surface area (Å²) in [7, 11) is 1.69. The number of hydrogen-bond donors (Lipinski definition) is 1. The van der Waals surface area contributed by atoms with Gasteiger partial charge in [0.15, 0.2) is 0 Å². The van der Waals surface area contributed by atoms with Gasteiger partial charge in [-0.2, -0.15) is 0 Å². The van der Waals surface area contributed by atoms with Gasteiger partial charge in [0, 0.05) is 16.7 Å². The van der Waals surface area contributed by atoms with Crippen LogP contribution in [0.4, 0.5) is 5.69 Å². The smallest absolute Gasteiger partial charge is 0.119 e. The highest BCUT2D eigenvalue weighted by Gasteiger charge is 2.00. The fourth-order valence-corrected chi connectivity index (χ4v) is 2.71. The Morgan fingerprint density at radius 3 is 2.57 bits per heavy atom. The molecule has 0 bridgehead atoms. The third-order valence-corrected chi connectivity index (χ3v) is 3.93. The van der Waals surface area contributed by atoms with E-state index in [4.69, 9.17) is 4.74 Å². The summed E-state index contributed by atoms with van der Waals surface area (Å²) in [6, 6.07) is 20.8. The zero-order valence-electron chi connectivity index (χ0n) is 11.8. The number of anilines is 1. The molecule has 0 saturated heterocycles. The van der Waals surface area contributed by atoms with Crippen LogP contribution in [0.5, 0.6) is 5.75 Å². The molecule has 1 N–H and O–H groups in total. The van der Waals surface area contributed by atoms with Gasteiger partial charge in [0.1, 0.15) is 5.75 Å². The number of methoxy groups -OCH3 is 1. The van der Waals surface area contributed by atoms with E-state index >= 15 is 0 Å². The van der Waals surface area contributed by atoms with Crippen molar-refractivity contribution < 1.29 is 4.74 Å². The van der Waals surface area contributed by atoms with Crippen molar-refractivity contribution in [3.05, 3.63) is 70.7 Å². The Labute approximate surface area is 132 Å². The van der Waals surface area contributed by atoms with Crippen LogP contribution in [0.3, 0.4) is 0 Å². The quantitative estimate of drug-likeness (QED) is 0.702. The van der Waals surface area contributed by atoms with E-state index in [0.717, 1.165) is 22.5 Å². The lowest BCUT2D eigenvalue weighted by Gasteiger charge is -2.09. The monoisotopic (exact) mass is 341 g/mol. The largest absolute Gasteiger partial charge is 0.497 e. The van der Waals surface area contributed by atoms with Crippen molar-refractivity contribution in [3.8, 4) is 5.75 Å². The van der Waals surface area contributed by atoms with Crippen LogP contribution in [0.15, 0.2) is 65.1 Å². The van der Waals surface area contributed by atoms with Crippen LogP contribution in [0, 0.1) is 0 Å². The summed E-state index contributed by atoms with van der Waals surface area (Å²) in [5.74, 6) is 0.891. The Hall–Kier alpha value is -2.00. The summed E-state index contributed by atoms with van der Waals surface area (Å²) in [6.07, 6.45) is 0. The minimum atomic E-state index is 0.804. The van der Waals surface area contributed by atoms with Crippen LogP contribution in [-0.4, -0.2) is 7.11 Å². The Kier molecular flexibility index (Phi) is 4.11. The summed E-state index contributed by atoms with van der Waals surface area (Å²) in [5.41, 5.74) is 2.37. The number of benzene rings is 3. The van der Waals surface area contributed by atoms with E-state index in [1.165, 1.54) is 16.3 Å². The lowest BCUT2D eigenvalue weighted by Crippen LogP contribution is -1.99. The molecule has 0 aliphatic heterocycles. The number of fused-ring (bicyclic) bond motifs is 1. The molecule has 0 amide bonds. The molecule has 3 heteroatoms. The molecule has 0 aliphatic carbocycles. The molecule has 0 unspecified atom stereocenters. The summed E-state index contributed by atoms with van der Waals surface area (Å²) >= 11 is 3.48. The minimum Gasteiger partial charge on any atom is -0.497 e. The van der Waals surface area contributed by atoms with Gasteiger partial charge in [-0.1, -0.05) is 40.2 Å². The van der Waals surface area contributed by atoms with Gasteiger partial charge in [-0.3, -0.25) is 0 Å². The van der Waals surface area contributed by atoms with Crippen molar-refractivity contribution in [2.24, 2.45) is 0 Å². The maximum Gasteiger partial charge on any atom is 0.119 e. The molecule has 0 spiro atoms. The Morgan fingerprint density at radius 2 is 1.76 bits per heavy atom. The number of halogens is 1. The van der Waals surface area contributed by atoms with Gasteiger partial charge < -0.3 is 10.1 Å². The molecule has 21 heavy (non-hydrogen) atoms. The van der Waals surface area contributed by atoms with Crippen LogP contribution >= 0.6 is 15.9 Å². The first kappa shape index (κ1) is 14.0. The predicted octanol–water partition coefficient (Wildman–Crippen LogP) is 5.22. The molecule has 106 valence electrons. The van der Waals surface area contributed by atoms with Crippen molar-refractivity contribution in [1.29, 1.82) is 0 Å². The molecule has 0 aromatic heterocycles. The van der Waals surface area contributed by atoms with Crippen LogP contribution in [0.25, 0.3) is 10.8 Å². The van der Waals surface area contributed by atoms with Crippen molar-refractivity contribution in [2.75, 3.05) is 12.4 Å². The Morgan fingerprint density at radius 1 is 0.952 bits per heavy atom. The lowest BCUT2D eigenvalue weighted by atomic mass is 10.1. The topological polar surface area (TPSA) is 21.3 Å². The van der Waals surface area contributed by atoms with Crippen LogP contribution in [0.1, 0.15) is 5.56 Å². The lowest BCUT2D eigenvalue weighted by molar-refractivity contribution is 0.415. The maximum absolute atomic E-state index is 5.25. The zero-order valence-corrected chi connectivity index (χ0v) is 13.4. The van der Waals surface area contributed by atoms with Gasteiger partial charge in [0.25, 0.3) is 0 Å². The van der Waals surface area contributed by atoms with Gasteiger partial charge in [-0.05, 0) is 52.7 Å². The van der Waals surface area contributed by atoms with E-state index in [9.17, 15) is 0 Å². The molecule has 3 rings (SSSR count). The molecule has 0 saturated carbocycles. The normalized spacial score (nSPS) is 10.6. The Balaban J connectivity index is 1.78. The molecule has 0 radical (unpaired) electrons. The second-order valence-corrected chi connectivity index (χ2v) is 5.83. The summed E-state index contributed by atoms with van der Waals surface area (Å²) in [6.45, 7) is 0.804. The highest BCUT2D eigenvalue weighted by molar-refractivity contribution is 9.10. The van der Waals surface area contributed by atoms with Crippen molar-refractivity contribution in [2.45, 2.75) is 6.54 Å². The SMILES string of the molecule is COc1ccc2cc(CNc3cccc(Br)c3)ccc2c1. The number of ether oxygens (including phenoxy) is 1. The number of rotatable bonds is 4. The van der Waals surface area contributed by atoms with Gasteiger partial charge in [-0.25, -0.2) is 0 Å². The minimum absolute atomic E-state index is 0.804. The molecule has 2 nitrogen and oxygen atoms in total. The first-order valence-electron chi connectivity index (χ1n) is 6.81. The average molecular weight is 342 g/mol. The van der Waals surface area contributed by atoms with E-state index in [1.54, 1.807) is 7.11 Å². The molecular formula is C18H16BrNO. The van der Waals surface area contributed by atoms with E-state index < -0.39 is 0 Å². The van der Waals surface area contributed by atoms with E-state index in [0.29, 0.717) is 0 Å². The first-order chi connectivity index (χ1) is 10.2. The van der Waals surface area contributed by atoms with Crippen LogP contribution < -0.4 is 10.1 Å². The van der Waals surface area contributed by atoms with Gasteiger partial charge in [-0.15, -0.1) is 0 Å². The highest BCUT2D eigenvalue weighted by atomic mass is 79.9. The molecule has 0 atom stereocenters. The Bertz CT molecular complexity index is 770. The first-order valence-corrected chi connectivity index (χ1v) is 7.60. The highest BCUT2D eigenvalue weighted by Crippen LogP contribution is 2.22. The molecule has 0 fully saturated rings. The number of nitrogens with one attached hydrogen (secondary N) is 1. The molecule has 0 heterocycles. The van der Waals surface area contributed by atoms with Crippen LogP contribution in [-0.2, 0) is 6.54 Å². The van der Waals surface area contributed by atoms with Crippen molar-refractivity contribution >= 4 is 32.4 Å². The average Bonchev–Trinajstić information content (AvgIpc) is 2.52. The van der Waals surface area contributed by atoms with Crippen molar-refractivity contribution in [1.82, 2.24) is 0 Å². The van der Waals surface area contributed by atoms with Gasteiger partial charge >= 0.3 is 0 Å². The predicted molar refractivity (Wildman–Crippen MR) is 92.0 cm³/mol. The fourth-order valence-electron chi connectivity index (χ4n) is 2.31. The second-order valence-electron chi connectivity index (χ2n) is 4.91. The number of hydrogen-bond acceptors (Lipinski definition) is 2. The second kappa shape index (κ2) is 6.19. The fraction of sp³-hybridized carbons (Fsp3) is 0.111. The molecule has 3 aromatic rings.